The molecule has 0 amide bonds. The van der Waals surface area contributed by atoms with Gasteiger partial charge in [-0.2, -0.15) is 0 Å². The fourth-order valence-corrected chi connectivity index (χ4v) is 5.39. The smallest absolute Gasteiger partial charge is 0.0158 e. The summed E-state index contributed by atoms with van der Waals surface area (Å²) in [5.41, 5.74) is 0.641. The Labute approximate surface area is 199 Å². The van der Waals surface area contributed by atoms with Gasteiger partial charge in [-0.3, -0.25) is 4.90 Å². The van der Waals surface area contributed by atoms with Crippen LogP contribution in [0, 0.1) is 0 Å². The molecular weight excluding hydrogens is 374 g/mol. The zero-order valence-electron chi connectivity index (χ0n) is 23.3. The van der Waals surface area contributed by atoms with Crippen LogP contribution < -0.4 is 0 Å². The van der Waals surface area contributed by atoms with E-state index >= 15 is 0 Å². The Kier molecular flexibility index (Phi) is 19.4. The minimum absolute atomic E-state index is 0.320. The van der Waals surface area contributed by atoms with Crippen molar-refractivity contribution in [3.63, 3.8) is 0 Å². The van der Waals surface area contributed by atoms with Crippen molar-refractivity contribution in [3.8, 4) is 0 Å². The summed E-state index contributed by atoms with van der Waals surface area (Å²) in [7, 11) is 0. The molecule has 0 spiro atoms. The molecule has 0 aromatic rings. The van der Waals surface area contributed by atoms with Crippen LogP contribution in [0.5, 0.6) is 0 Å². The van der Waals surface area contributed by atoms with E-state index in [1.807, 2.05) is 0 Å². The molecule has 0 fully saturated rings. The molecule has 0 saturated carbocycles. The lowest BCUT2D eigenvalue weighted by Gasteiger charge is -2.49. The third-order valence-corrected chi connectivity index (χ3v) is 7.48. The highest BCUT2D eigenvalue weighted by molar-refractivity contribution is 4.92. The SMILES string of the molecule is CCCCCCCCCCC(C)(C)N(CCCC)C(C)(C)CCCCCCCCCC. The van der Waals surface area contributed by atoms with Crippen LogP contribution in [0.2, 0.25) is 0 Å². The lowest BCUT2D eigenvalue weighted by molar-refractivity contribution is 0.00191. The third kappa shape index (κ3) is 16.3. The average Bonchev–Trinajstić information content (AvgIpc) is 2.72. The molecule has 0 radical (unpaired) electrons. The fourth-order valence-electron chi connectivity index (χ4n) is 5.39. The molecule has 0 aliphatic rings. The Bertz CT molecular complexity index is 339. The van der Waals surface area contributed by atoms with E-state index in [9.17, 15) is 0 Å². The van der Waals surface area contributed by atoms with Crippen LogP contribution >= 0.6 is 0 Å². The Morgan fingerprint density at radius 1 is 0.387 bits per heavy atom. The van der Waals surface area contributed by atoms with Crippen molar-refractivity contribution in [3.05, 3.63) is 0 Å². The molecule has 31 heavy (non-hydrogen) atoms. The van der Waals surface area contributed by atoms with Gasteiger partial charge in [0, 0.05) is 11.1 Å². The molecule has 0 aliphatic heterocycles. The Morgan fingerprint density at radius 3 is 1.00 bits per heavy atom. The topological polar surface area (TPSA) is 3.24 Å². The van der Waals surface area contributed by atoms with E-state index in [0.29, 0.717) is 11.1 Å². The summed E-state index contributed by atoms with van der Waals surface area (Å²) in [4.78, 5) is 2.89. The van der Waals surface area contributed by atoms with Crippen molar-refractivity contribution >= 4 is 0 Å². The highest BCUT2D eigenvalue weighted by atomic mass is 15.2. The average molecular weight is 438 g/mol. The van der Waals surface area contributed by atoms with E-state index in [4.69, 9.17) is 0 Å². The zero-order chi connectivity index (χ0) is 23.4. The van der Waals surface area contributed by atoms with E-state index in [1.54, 1.807) is 0 Å². The minimum Gasteiger partial charge on any atom is -0.293 e. The Balaban J connectivity index is 4.39. The first-order valence-electron chi connectivity index (χ1n) is 14.6. The minimum atomic E-state index is 0.320. The second-order valence-electron chi connectivity index (χ2n) is 11.6. The largest absolute Gasteiger partial charge is 0.293 e. The summed E-state index contributed by atoms with van der Waals surface area (Å²) < 4.78 is 0. The van der Waals surface area contributed by atoms with Gasteiger partial charge >= 0.3 is 0 Å². The van der Waals surface area contributed by atoms with Gasteiger partial charge in [0.15, 0.2) is 0 Å². The Morgan fingerprint density at radius 2 is 0.677 bits per heavy atom. The summed E-state index contributed by atoms with van der Waals surface area (Å²) in [5.74, 6) is 0. The number of hydrogen-bond acceptors (Lipinski definition) is 1. The van der Waals surface area contributed by atoms with Crippen molar-refractivity contribution < 1.29 is 0 Å². The molecule has 0 N–H and O–H groups in total. The molecule has 1 nitrogen and oxygen atoms in total. The van der Waals surface area contributed by atoms with Crippen LogP contribution in [-0.4, -0.2) is 22.5 Å². The Hall–Kier alpha value is -0.0400. The van der Waals surface area contributed by atoms with Crippen molar-refractivity contribution in [1.29, 1.82) is 0 Å². The number of unbranched alkanes of at least 4 members (excludes halogenated alkanes) is 15. The van der Waals surface area contributed by atoms with Gasteiger partial charge in [-0.05, 0) is 53.5 Å². The summed E-state index contributed by atoms with van der Waals surface area (Å²) in [6.07, 6.45) is 28.1. The fraction of sp³-hybridized carbons (Fsp3) is 1.00. The highest BCUT2D eigenvalue weighted by Gasteiger charge is 2.36. The molecule has 0 rings (SSSR count). The highest BCUT2D eigenvalue weighted by Crippen LogP contribution is 2.33. The maximum absolute atomic E-state index is 2.89. The van der Waals surface area contributed by atoms with Gasteiger partial charge in [-0.15, -0.1) is 0 Å². The van der Waals surface area contributed by atoms with Crippen LogP contribution in [0.25, 0.3) is 0 Å². The van der Waals surface area contributed by atoms with E-state index in [0.717, 1.165) is 0 Å². The van der Waals surface area contributed by atoms with Gasteiger partial charge in [0.25, 0.3) is 0 Å². The van der Waals surface area contributed by atoms with Gasteiger partial charge < -0.3 is 0 Å². The molecule has 0 aromatic carbocycles. The molecule has 1 heteroatoms. The molecule has 0 heterocycles. The van der Waals surface area contributed by atoms with Crippen LogP contribution in [0.3, 0.4) is 0 Å². The van der Waals surface area contributed by atoms with Crippen molar-refractivity contribution in [1.82, 2.24) is 4.90 Å². The van der Waals surface area contributed by atoms with E-state index < -0.39 is 0 Å². The van der Waals surface area contributed by atoms with Crippen LogP contribution in [-0.2, 0) is 0 Å². The molecule has 0 unspecified atom stereocenters. The van der Waals surface area contributed by atoms with E-state index in [2.05, 4.69) is 53.4 Å². The van der Waals surface area contributed by atoms with Gasteiger partial charge in [0.05, 0.1) is 0 Å². The molecule has 188 valence electrons. The number of hydrogen-bond donors (Lipinski definition) is 0. The van der Waals surface area contributed by atoms with Crippen molar-refractivity contribution in [2.45, 2.75) is 188 Å². The molecule has 0 saturated heterocycles. The molecule has 0 bridgehead atoms. The summed E-state index contributed by atoms with van der Waals surface area (Å²) in [5, 5.41) is 0. The molecule has 0 atom stereocenters. The van der Waals surface area contributed by atoms with E-state index in [1.165, 1.54) is 135 Å². The third-order valence-electron chi connectivity index (χ3n) is 7.48. The van der Waals surface area contributed by atoms with Gasteiger partial charge in [-0.1, -0.05) is 130 Å². The normalized spacial score (nSPS) is 12.8. The predicted octanol–water partition coefficient (Wildman–Crippen LogP) is 10.7. The quantitative estimate of drug-likeness (QED) is 0.144. The first-order valence-corrected chi connectivity index (χ1v) is 14.6. The maximum atomic E-state index is 2.89. The van der Waals surface area contributed by atoms with E-state index in [-0.39, 0.29) is 0 Å². The maximum Gasteiger partial charge on any atom is 0.0158 e. The van der Waals surface area contributed by atoms with Gasteiger partial charge in [0.2, 0.25) is 0 Å². The standard InChI is InChI=1S/C30H63N/c1-8-11-14-16-18-20-22-24-26-29(4,5)31(28-13-10-3)30(6,7)27-25-23-21-19-17-15-12-9-2/h8-28H2,1-7H3. The summed E-state index contributed by atoms with van der Waals surface area (Å²) >= 11 is 0. The van der Waals surface area contributed by atoms with Crippen LogP contribution in [0.4, 0.5) is 0 Å². The van der Waals surface area contributed by atoms with Crippen molar-refractivity contribution in [2.75, 3.05) is 6.54 Å². The zero-order valence-corrected chi connectivity index (χ0v) is 23.3. The monoisotopic (exact) mass is 437 g/mol. The van der Waals surface area contributed by atoms with Crippen LogP contribution in [0.1, 0.15) is 177 Å². The van der Waals surface area contributed by atoms with Crippen molar-refractivity contribution in [2.24, 2.45) is 0 Å². The predicted molar refractivity (Wildman–Crippen MR) is 144 cm³/mol. The first kappa shape index (κ1) is 31.0. The lowest BCUT2D eigenvalue weighted by atomic mass is 9.85. The molecule has 0 aliphatic carbocycles. The number of nitrogens with zero attached hydrogens (tertiary/aromatic N) is 1. The molecular formula is C30H63N. The summed E-state index contributed by atoms with van der Waals surface area (Å²) in [6.45, 7) is 18.3. The summed E-state index contributed by atoms with van der Waals surface area (Å²) in [6, 6.07) is 0. The second kappa shape index (κ2) is 19.4. The first-order chi connectivity index (χ1) is 14.8. The number of rotatable bonds is 23. The molecule has 0 aromatic heterocycles. The van der Waals surface area contributed by atoms with Crippen LogP contribution in [0.15, 0.2) is 0 Å². The van der Waals surface area contributed by atoms with Gasteiger partial charge in [0.1, 0.15) is 0 Å². The second-order valence-corrected chi connectivity index (χ2v) is 11.6. The lowest BCUT2D eigenvalue weighted by Crippen LogP contribution is -2.55. The van der Waals surface area contributed by atoms with Gasteiger partial charge in [-0.25, -0.2) is 0 Å².